The zero-order valence-electron chi connectivity index (χ0n) is 19.4. The number of halogens is 4. The van der Waals surface area contributed by atoms with Crippen molar-refractivity contribution in [1.82, 2.24) is 15.0 Å². The second-order valence-electron chi connectivity index (χ2n) is 8.14. The molecular formula is C25H25F4N3O2S. The van der Waals surface area contributed by atoms with Crippen molar-refractivity contribution < 1.29 is 26.6 Å². The highest BCUT2D eigenvalue weighted by Gasteiger charge is 2.33. The molecule has 1 heterocycles. The summed E-state index contributed by atoms with van der Waals surface area (Å²) in [6.07, 6.45) is -3.16. The number of rotatable bonds is 8. The van der Waals surface area contributed by atoms with E-state index in [1.165, 1.54) is 24.5 Å². The first kappa shape index (κ1) is 26.5. The number of carbonyl (C=O) groups is 1. The van der Waals surface area contributed by atoms with E-state index in [2.05, 4.69) is 15.0 Å². The van der Waals surface area contributed by atoms with Gasteiger partial charge in [0.1, 0.15) is 11.5 Å². The Balaban J connectivity index is 1.79. The van der Waals surface area contributed by atoms with E-state index < -0.39 is 40.5 Å². The molecule has 0 aliphatic heterocycles. The molecule has 35 heavy (non-hydrogen) atoms. The highest BCUT2D eigenvalue weighted by Crippen LogP contribution is 2.31. The minimum atomic E-state index is -4.60. The number of hydrogen-bond donors (Lipinski definition) is 2. The van der Waals surface area contributed by atoms with Gasteiger partial charge in [-0.2, -0.15) is 13.2 Å². The maximum atomic E-state index is 14.4. The maximum Gasteiger partial charge on any atom is 0.433 e. The predicted molar refractivity (Wildman–Crippen MR) is 127 cm³/mol. The van der Waals surface area contributed by atoms with E-state index in [-0.39, 0.29) is 18.8 Å². The third-order valence-electron chi connectivity index (χ3n) is 5.45. The Bertz CT molecular complexity index is 1250. The Labute approximate surface area is 203 Å². The van der Waals surface area contributed by atoms with Gasteiger partial charge in [0.2, 0.25) is 5.91 Å². The molecule has 2 atom stereocenters. The van der Waals surface area contributed by atoms with Crippen molar-refractivity contribution in [2.45, 2.75) is 39.0 Å². The molecule has 0 radical (unpaired) electrons. The lowest BCUT2D eigenvalue weighted by Gasteiger charge is -2.16. The molecule has 186 valence electrons. The summed E-state index contributed by atoms with van der Waals surface area (Å²) in [5.41, 5.74) is 1.65. The summed E-state index contributed by atoms with van der Waals surface area (Å²) < 4.78 is 68.0. The van der Waals surface area contributed by atoms with E-state index in [0.717, 1.165) is 11.6 Å². The number of nitrogens with zero attached hydrogens (tertiary/aromatic N) is 1. The minimum absolute atomic E-state index is 0.0512. The monoisotopic (exact) mass is 507 g/mol. The smallest absolute Gasteiger partial charge is 0.351 e. The molecule has 3 rings (SSSR count). The number of amides is 1. The first-order valence-corrected chi connectivity index (χ1v) is 12.3. The van der Waals surface area contributed by atoms with Gasteiger partial charge in [0, 0.05) is 30.5 Å². The first-order valence-electron chi connectivity index (χ1n) is 10.7. The SMILES string of the molecule is Cc1cccc(-c2nc(C(F)(F)F)ccc2CNC(=O)[C@@H](C)c2ccc(CNS(C)=O)c(F)c2)c1. The number of nitrogens with one attached hydrogen (secondary N) is 2. The van der Waals surface area contributed by atoms with Crippen LogP contribution in [0.2, 0.25) is 0 Å². The largest absolute Gasteiger partial charge is 0.433 e. The lowest BCUT2D eigenvalue weighted by atomic mass is 9.98. The van der Waals surface area contributed by atoms with Crippen LogP contribution < -0.4 is 10.0 Å². The van der Waals surface area contributed by atoms with Gasteiger partial charge in [-0.25, -0.2) is 18.3 Å². The summed E-state index contributed by atoms with van der Waals surface area (Å²) in [5.74, 6) is -1.66. The van der Waals surface area contributed by atoms with Gasteiger partial charge in [-0.05, 0) is 43.2 Å². The molecule has 1 amide bonds. The summed E-state index contributed by atoms with van der Waals surface area (Å²) in [6, 6.07) is 13.5. The van der Waals surface area contributed by atoms with E-state index >= 15 is 0 Å². The molecule has 2 aromatic carbocycles. The van der Waals surface area contributed by atoms with E-state index in [9.17, 15) is 26.6 Å². The zero-order valence-corrected chi connectivity index (χ0v) is 20.2. The number of pyridine rings is 1. The standard InChI is InChI=1S/C25H25F4N3O2S/c1-15-5-4-6-18(11-15)23-20(9-10-22(32-23)25(27,28)29)13-30-24(33)16(2)17-7-8-19(21(26)12-17)14-31-35(3)34/h4-12,16,31H,13-14H2,1-3H3,(H,30,33)/t16-,35?/m0/s1. The Kier molecular flexibility index (Phi) is 8.39. The Morgan fingerprint density at radius 3 is 2.40 bits per heavy atom. The van der Waals surface area contributed by atoms with E-state index in [1.54, 1.807) is 31.2 Å². The van der Waals surface area contributed by atoms with Crippen molar-refractivity contribution in [2.24, 2.45) is 0 Å². The molecule has 0 saturated heterocycles. The lowest BCUT2D eigenvalue weighted by Crippen LogP contribution is -2.28. The first-order chi connectivity index (χ1) is 16.5. The number of aryl methyl sites for hydroxylation is 1. The van der Waals surface area contributed by atoms with Gasteiger partial charge in [-0.15, -0.1) is 0 Å². The molecule has 2 N–H and O–H groups in total. The molecule has 3 aromatic rings. The highest BCUT2D eigenvalue weighted by atomic mass is 32.2. The van der Waals surface area contributed by atoms with Gasteiger partial charge >= 0.3 is 6.18 Å². The summed E-state index contributed by atoms with van der Waals surface area (Å²) >= 11 is 0. The molecule has 0 spiro atoms. The minimum Gasteiger partial charge on any atom is -0.351 e. The summed E-state index contributed by atoms with van der Waals surface area (Å²) in [4.78, 5) is 16.6. The van der Waals surface area contributed by atoms with Crippen molar-refractivity contribution in [3.63, 3.8) is 0 Å². The number of carbonyl (C=O) groups excluding carboxylic acids is 1. The predicted octanol–water partition coefficient (Wildman–Crippen LogP) is 5.02. The van der Waals surface area contributed by atoms with Crippen molar-refractivity contribution >= 4 is 16.9 Å². The van der Waals surface area contributed by atoms with Crippen LogP contribution in [-0.2, 0) is 35.0 Å². The maximum absolute atomic E-state index is 14.4. The summed E-state index contributed by atoms with van der Waals surface area (Å²) in [7, 11) is -1.29. The van der Waals surface area contributed by atoms with Crippen molar-refractivity contribution in [2.75, 3.05) is 6.26 Å². The molecular weight excluding hydrogens is 482 g/mol. The molecule has 10 heteroatoms. The van der Waals surface area contributed by atoms with Crippen molar-refractivity contribution in [3.05, 3.63) is 88.4 Å². The molecule has 1 unspecified atom stereocenters. The van der Waals surface area contributed by atoms with E-state index in [4.69, 9.17) is 0 Å². The average molecular weight is 508 g/mol. The zero-order chi connectivity index (χ0) is 25.8. The summed E-state index contributed by atoms with van der Waals surface area (Å²) in [6.45, 7) is 3.46. The van der Waals surface area contributed by atoms with Crippen LogP contribution in [0.3, 0.4) is 0 Å². The average Bonchev–Trinajstić information content (AvgIpc) is 2.80. The van der Waals surface area contributed by atoms with Gasteiger partial charge in [0.05, 0.1) is 22.6 Å². The fourth-order valence-electron chi connectivity index (χ4n) is 3.47. The lowest BCUT2D eigenvalue weighted by molar-refractivity contribution is -0.141. The number of benzene rings is 2. The van der Waals surface area contributed by atoms with Crippen LogP contribution in [0.15, 0.2) is 54.6 Å². The Hall–Kier alpha value is -3.11. The van der Waals surface area contributed by atoms with Crippen LogP contribution >= 0.6 is 0 Å². The molecule has 0 aliphatic rings. The second-order valence-corrected chi connectivity index (χ2v) is 9.33. The van der Waals surface area contributed by atoms with Crippen LogP contribution in [0.4, 0.5) is 17.6 Å². The van der Waals surface area contributed by atoms with Crippen molar-refractivity contribution in [3.8, 4) is 11.3 Å². The fourth-order valence-corrected chi connectivity index (χ4v) is 3.83. The molecule has 0 fully saturated rings. The number of alkyl halides is 3. The summed E-state index contributed by atoms with van der Waals surface area (Å²) in [5, 5.41) is 2.72. The topological polar surface area (TPSA) is 71.1 Å². The van der Waals surface area contributed by atoms with E-state index in [1.807, 2.05) is 13.0 Å². The van der Waals surface area contributed by atoms with Crippen molar-refractivity contribution in [1.29, 1.82) is 0 Å². The molecule has 0 bridgehead atoms. The van der Waals surface area contributed by atoms with Crippen LogP contribution in [0.25, 0.3) is 11.3 Å². The Morgan fingerprint density at radius 1 is 1.06 bits per heavy atom. The van der Waals surface area contributed by atoms with E-state index in [0.29, 0.717) is 22.3 Å². The highest BCUT2D eigenvalue weighted by molar-refractivity contribution is 7.82. The third kappa shape index (κ3) is 6.95. The van der Waals surface area contributed by atoms with Gasteiger partial charge in [-0.1, -0.05) is 42.0 Å². The second kappa shape index (κ2) is 11.1. The van der Waals surface area contributed by atoms with Crippen LogP contribution in [0, 0.1) is 12.7 Å². The quantitative estimate of drug-likeness (QED) is 0.421. The normalized spacial score (nSPS) is 13.3. The molecule has 0 aliphatic carbocycles. The Morgan fingerprint density at radius 2 is 1.77 bits per heavy atom. The van der Waals surface area contributed by atoms with Gasteiger partial charge < -0.3 is 5.32 Å². The fraction of sp³-hybridized carbons (Fsp3) is 0.280. The molecule has 1 aromatic heterocycles. The van der Waals surface area contributed by atoms with Gasteiger partial charge in [-0.3, -0.25) is 4.79 Å². The van der Waals surface area contributed by atoms with Crippen LogP contribution in [0.5, 0.6) is 0 Å². The van der Waals surface area contributed by atoms with Crippen LogP contribution in [-0.4, -0.2) is 21.4 Å². The molecule has 0 saturated carbocycles. The molecule has 5 nitrogen and oxygen atoms in total. The number of hydrogen-bond acceptors (Lipinski definition) is 3. The van der Waals surface area contributed by atoms with Gasteiger partial charge in [0.25, 0.3) is 0 Å². The number of aromatic nitrogens is 1. The van der Waals surface area contributed by atoms with Crippen LogP contribution in [0.1, 0.15) is 40.8 Å². The van der Waals surface area contributed by atoms with Gasteiger partial charge in [0.15, 0.2) is 0 Å². The third-order valence-corrected chi connectivity index (χ3v) is 6.00.